The van der Waals surface area contributed by atoms with Gasteiger partial charge in [-0.25, -0.2) is 0 Å². The summed E-state index contributed by atoms with van der Waals surface area (Å²) in [6.45, 7) is 13.6. The number of aliphatic hydroxyl groups is 1. The number of ether oxygens (including phenoxy) is 2. The molecular weight excluding hydrogens is 702 g/mol. The maximum atomic E-state index is 14.9. The minimum atomic E-state index is -1.29. The number of benzene rings is 2. The van der Waals surface area contributed by atoms with E-state index in [-0.39, 0.29) is 48.7 Å². The molecule has 0 aliphatic carbocycles. The van der Waals surface area contributed by atoms with E-state index in [4.69, 9.17) is 9.47 Å². The number of hydrogen-bond donors (Lipinski definition) is 2. The molecule has 3 aliphatic heterocycles. The maximum absolute atomic E-state index is 14.9. The van der Waals surface area contributed by atoms with Crippen molar-refractivity contribution in [3.05, 3.63) is 90.5 Å². The Kier molecular flexibility index (Phi) is 12.0. The molecule has 3 heterocycles. The summed E-state index contributed by atoms with van der Waals surface area (Å²) >= 11 is 3.75. The highest BCUT2D eigenvalue weighted by Gasteiger charge is 2.77. The van der Waals surface area contributed by atoms with E-state index in [9.17, 15) is 24.3 Å². The van der Waals surface area contributed by atoms with Crippen LogP contribution < -0.4 is 10.2 Å². The summed E-state index contributed by atoms with van der Waals surface area (Å²) in [4.78, 5) is 59.6. The number of aryl methyl sites for hydroxylation is 2. The van der Waals surface area contributed by atoms with Crippen molar-refractivity contribution in [1.82, 2.24) is 10.2 Å². The fourth-order valence-corrected chi connectivity index (χ4v) is 9.00. The van der Waals surface area contributed by atoms with E-state index in [1.165, 1.54) is 0 Å². The minimum absolute atomic E-state index is 0.0552. The molecule has 10 nitrogen and oxygen atoms in total. The summed E-state index contributed by atoms with van der Waals surface area (Å²) in [6.07, 6.45) is 3.79. The number of nitrogens with one attached hydrogen (secondary N) is 1. The second-order valence-corrected chi connectivity index (χ2v) is 14.7. The Morgan fingerprint density at radius 3 is 2.46 bits per heavy atom. The van der Waals surface area contributed by atoms with Crippen LogP contribution in [0.15, 0.2) is 73.8 Å². The van der Waals surface area contributed by atoms with Gasteiger partial charge in [-0.3, -0.25) is 19.2 Å². The van der Waals surface area contributed by atoms with Gasteiger partial charge in [-0.15, -0.1) is 13.2 Å². The Bertz CT molecular complexity index is 1580. The number of carbonyl (C=O) groups excluding carboxylic acids is 4. The van der Waals surface area contributed by atoms with Gasteiger partial charge in [0.05, 0.1) is 24.0 Å². The van der Waals surface area contributed by atoms with Crippen LogP contribution in [0.2, 0.25) is 0 Å². The van der Waals surface area contributed by atoms with Gasteiger partial charge in [0.2, 0.25) is 11.8 Å². The van der Waals surface area contributed by atoms with E-state index in [2.05, 4.69) is 34.4 Å². The van der Waals surface area contributed by atoms with Crippen LogP contribution in [0.4, 0.5) is 5.69 Å². The van der Waals surface area contributed by atoms with Crippen molar-refractivity contribution in [2.75, 3.05) is 24.6 Å². The van der Waals surface area contributed by atoms with Gasteiger partial charge in [-0.05, 0) is 63.1 Å². The summed E-state index contributed by atoms with van der Waals surface area (Å²) in [5, 5.41) is 12.5. The summed E-state index contributed by atoms with van der Waals surface area (Å²) < 4.78 is 13.0. The first-order chi connectivity index (χ1) is 24.0. The van der Waals surface area contributed by atoms with Crippen molar-refractivity contribution in [3.8, 4) is 0 Å². The normalized spacial score (nSPS) is 26.2. The van der Waals surface area contributed by atoms with Crippen LogP contribution >= 0.6 is 15.9 Å². The van der Waals surface area contributed by atoms with Crippen LogP contribution in [-0.4, -0.2) is 82.0 Å². The number of carbonyl (C=O) groups is 4. The van der Waals surface area contributed by atoms with Crippen molar-refractivity contribution >= 4 is 45.3 Å². The molecule has 2 aromatic carbocycles. The first-order valence-electron chi connectivity index (χ1n) is 17.4. The third-order valence-electron chi connectivity index (χ3n) is 10.2. The topological polar surface area (TPSA) is 125 Å². The predicted molar refractivity (Wildman–Crippen MR) is 195 cm³/mol. The van der Waals surface area contributed by atoms with Crippen LogP contribution in [0.25, 0.3) is 0 Å². The molecule has 2 bridgehead atoms. The molecule has 5 rings (SSSR count). The third-order valence-corrected chi connectivity index (χ3v) is 11.0. The van der Waals surface area contributed by atoms with Gasteiger partial charge >= 0.3 is 5.97 Å². The van der Waals surface area contributed by atoms with Gasteiger partial charge in [0, 0.05) is 36.6 Å². The lowest BCUT2D eigenvalue weighted by atomic mass is 9.70. The maximum Gasteiger partial charge on any atom is 0.313 e. The Balaban J connectivity index is 1.52. The molecule has 2 N–H and O–H groups in total. The Morgan fingerprint density at radius 2 is 1.82 bits per heavy atom. The van der Waals surface area contributed by atoms with Gasteiger partial charge in [0.15, 0.2) is 0 Å². The number of fused-ring (bicyclic) bond motifs is 1. The first kappa shape index (κ1) is 37.5. The van der Waals surface area contributed by atoms with E-state index in [1.54, 1.807) is 28.9 Å². The molecule has 3 fully saturated rings. The average Bonchev–Trinajstić information content (AvgIpc) is 3.68. The predicted octanol–water partition coefficient (Wildman–Crippen LogP) is 5.10. The molecule has 11 heteroatoms. The van der Waals surface area contributed by atoms with Gasteiger partial charge in [-0.2, -0.15) is 0 Å². The van der Waals surface area contributed by atoms with Crippen molar-refractivity contribution in [2.45, 2.75) is 87.6 Å². The minimum Gasteiger partial charge on any atom is -0.455 e. The number of amides is 3. The number of likely N-dealkylation sites (tertiary alicyclic amines) is 1. The fraction of sp³-hybridized carbons (Fsp3) is 0.487. The molecule has 1 spiro atoms. The molecule has 0 aromatic heterocycles. The highest BCUT2D eigenvalue weighted by molar-refractivity contribution is 9.09. The number of alkyl halides is 1. The smallest absolute Gasteiger partial charge is 0.313 e. The lowest BCUT2D eigenvalue weighted by molar-refractivity contribution is -0.162. The Hall–Kier alpha value is -3.80. The second kappa shape index (κ2) is 16.0. The molecule has 3 amide bonds. The number of hydrogen-bond acceptors (Lipinski definition) is 7. The van der Waals surface area contributed by atoms with Crippen molar-refractivity contribution in [1.29, 1.82) is 0 Å². The molecular formula is C39H48BrN3O7. The molecule has 8 atom stereocenters. The van der Waals surface area contributed by atoms with Crippen molar-refractivity contribution < 1.29 is 33.8 Å². The SMILES string of the molecule is C=CCCC(=O)N[C@H](C)[C@@H](OC(=O)[C@H]1[C@@H]2O[C@@]3(CC2Br)[C@@H]1C(=O)N(CCCCO)[C@@H]3C(=O)N(CC=C)c1c(C)cccc1C)c1ccccc1. The van der Waals surface area contributed by atoms with E-state index in [0.717, 1.165) is 16.8 Å². The van der Waals surface area contributed by atoms with Crippen LogP contribution in [0.5, 0.6) is 0 Å². The lowest BCUT2D eigenvalue weighted by Gasteiger charge is -2.38. The molecule has 0 radical (unpaired) electrons. The van der Waals surface area contributed by atoms with Crippen LogP contribution in [-0.2, 0) is 28.7 Å². The molecule has 2 aromatic rings. The number of halogens is 1. The number of esters is 1. The number of allylic oxidation sites excluding steroid dienone is 1. The fourth-order valence-electron chi connectivity index (χ4n) is 8.05. The third kappa shape index (κ3) is 7.05. The summed E-state index contributed by atoms with van der Waals surface area (Å²) in [7, 11) is 0. The van der Waals surface area contributed by atoms with Crippen LogP contribution in [0.3, 0.4) is 0 Å². The first-order valence-corrected chi connectivity index (χ1v) is 18.3. The van der Waals surface area contributed by atoms with Gasteiger partial charge in [0.25, 0.3) is 5.91 Å². The lowest BCUT2D eigenvalue weighted by Crippen LogP contribution is -2.57. The van der Waals surface area contributed by atoms with E-state index < -0.39 is 47.7 Å². The monoisotopic (exact) mass is 749 g/mol. The number of para-hydroxylation sites is 1. The summed E-state index contributed by atoms with van der Waals surface area (Å²) in [6, 6.07) is 13.4. The molecule has 3 aliphatic rings. The Labute approximate surface area is 303 Å². The van der Waals surface area contributed by atoms with Gasteiger partial charge in [0.1, 0.15) is 17.7 Å². The zero-order chi connectivity index (χ0) is 36.2. The number of rotatable bonds is 16. The largest absolute Gasteiger partial charge is 0.455 e. The van der Waals surface area contributed by atoms with Crippen LogP contribution in [0.1, 0.15) is 61.8 Å². The number of unbranched alkanes of at least 4 members (excludes halogenated alkanes) is 1. The number of nitrogens with zero attached hydrogens (tertiary/aromatic N) is 2. The Morgan fingerprint density at radius 1 is 1.12 bits per heavy atom. The average molecular weight is 751 g/mol. The highest BCUT2D eigenvalue weighted by atomic mass is 79.9. The van der Waals surface area contributed by atoms with Crippen molar-refractivity contribution in [3.63, 3.8) is 0 Å². The van der Waals surface area contributed by atoms with E-state index >= 15 is 0 Å². The molecule has 0 saturated carbocycles. The zero-order valence-electron chi connectivity index (χ0n) is 29.1. The van der Waals surface area contributed by atoms with E-state index in [1.807, 2.05) is 62.4 Å². The molecule has 268 valence electrons. The number of anilines is 1. The molecule has 50 heavy (non-hydrogen) atoms. The standard InChI is InChI=1S/C39H48BrN3O7/c1-6-8-19-29(45)41-26(5)33(27-17-10-9-11-18-27)49-38(48)30-31-36(46)43(21-12-13-22-44)35(39(31)23-28(40)34(30)50-39)37(47)42(20-7-2)32-24(3)15-14-16-25(32)4/h6-7,9-11,14-18,26,28,30-31,33-35,44H,1-2,8,12-13,19-23H2,3-5H3,(H,41,45)/t26-,28?,30-,31+,33-,34-,35-,39+/m1/s1. The number of aliphatic hydroxyl groups excluding tert-OH is 1. The second-order valence-electron chi connectivity index (χ2n) is 13.6. The van der Waals surface area contributed by atoms with Crippen LogP contribution in [0, 0.1) is 25.7 Å². The van der Waals surface area contributed by atoms with Crippen molar-refractivity contribution in [2.24, 2.45) is 11.8 Å². The van der Waals surface area contributed by atoms with Gasteiger partial charge in [-0.1, -0.05) is 76.6 Å². The molecule has 1 unspecified atom stereocenters. The van der Waals surface area contributed by atoms with E-state index in [0.29, 0.717) is 31.2 Å². The highest BCUT2D eigenvalue weighted by Crippen LogP contribution is 2.60. The quantitative estimate of drug-likeness (QED) is 0.106. The van der Waals surface area contributed by atoms with Gasteiger partial charge < -0.3 is 29.7 Å². The zero-order valence-corrected chi connectivity index (χ0v) is 30.6. The molecule has 3 saturated heterocycles. The summed E-state index contributed by atoms with van der Waals surface area (Å²) in [5.74, 6) is -3.43. The summed E-state index contributed by atoms with van der Waals surface area (Å²) in [5.41, 5.74) is 1.95.